The lowest BCUT2D eigenvalue weighted by molar-refractivity contribution is 0.100. The van der Waals surface area contributed by atoms with Crippen LogP contribution < -0.4 is 11.3 Å². The van der Waals surface area contributed by atoms with E-state index in [0.29, 0.717) is 0 Å². The highest BCUT2D eigenvalue weighted by Gasteiger charge is 2.12. The highest BCUT2D eigenvalue weighted by atomic mass is 79.9. The van der Waals surface area contributed by atoms with Gasteiger partial charge >= 0.3 is 0 Å². The number of hydrazine groups is 1. The van der Waals surface area contributed by atoms with Crippen LogP contribution in [0.25, 0.3) is 0 Å². The van der Waals surface area contributed by atoms with Crippen LogP contribution in [0.15, 0.2) is 28.7 Å². The molecule has 0 amide bonds. The largest absolute Gasteiger partial charge is 0.382 e. The molecule has 90 valence electrons. The van der Waals surface area contributed by atoms with Crippen LogP contribution in [0.3, 0.4) is 0 Å². The summed E-state index contributed by atoms with van der Waals surface area (Å²) >= 11 is 3.46. The van der Waals surface area contributed by atoms with E-state index in [9.17, 15) is 0 Å². The molecular formula is C12H19BrN2O. The quantitative estimate of drug-likeness (QED) is 0.623. The monoisotopic (exact) mass is 286 g/mol. The maximum Gasteiger partial charge on any atom is 0.0558 e. The topological polar surface area (TPSA) is 47.3 Å². The Morgan fingerprint density at radius 2 is 2.25 bits per heavy atom. The summed E-state index contributed by atoms with van der Waals surface area (Å²) in [5.41, 5.74) is 4.10. The molecule has 1 aromatic rings. The average Bonchev–Trinajstić information content (AvgIpc) is 2.28. The second-order valence-corrected chi connectivity index (χ2v) is 4.90. The molecule has 16 heavy (non-hydrogen) atoms. The van der Waals surface area contributed by atoms with Crippen molar-refractivity contribution in [1.82, 2.24) is 5.43 Å². The third-order valence-electron chi connectivity index (χ3n) is 2.63. The van der Waals surface area contributed by atoms with E-state index in [1.807, 2.05) is 19.1 Å². The Morgan fingerprint density at radius 3 is 2.81 bits per heavy atom. The standard InChI is InChI=1S/C12H19BrN2O/c1-9(16-2)6-12(15-14)8-10-4-3-5-11(13)7-10/h3-5,7,9,12,15H,6,8,14H2,1-2H3. The number of nitrogens with one attached hydrogen (secondary N) is 1. The normalized spacial score (nSPS) is 14.8. The Bertz CT molecular complexity index is 320. The smallest absolute Gasteiger partial charge is 0.0558 e. The van der Waals surface area contributed by atoms with Gasteiger partial charge in [0.1, 0.15) is 0 Å². The van der Waals surface area contributed by atoms with Crippen molar-refractivity contribution in [2.45, 2.75) is 31.9 Å². The fraction of sp³-hybridized carbons (Fsp3) is 0.500. The van der Waals surface area contributed by atoms with Crippen molar-refractivity contribution < 1.29 is 4.74 Å². The van der Waals surface area contributed by atoms with Crippen molar-refractivity contribution in [3.05, 3.63) is 34.3 Å². The lowest BCUT2D eigenvalue weighted by Gasteiger charge is -2.19. The minimum Gasteiger partial charge on any atom is -0.382 e. The van der Waals surface area contributed by atoms with Gasteiger partial charge in [0.15, 0.2) is 0 Å². The molecule has 4 heteroatoms. The summed E-state index contributed by atoms with van der Waals surface area (Å²) in [5.74, 6) is 5.54. The summed E-state index contributed by atoms with van der Waals surface area (Å²) in [7, 11) is 1.72. The molecule has 0 aliphatic rings. The molecule has 0 saturated heterocycles. The van der Waals surface area contributed by atoms with Crippen molar-refractivity contribution in [2.24, 2.45) is 5.84 Å². The molecular weight excluding hydrogens is 268 g/mol. The molecule has 2 unspecified atom stereocenters. The second-order valence-electron chi connectivity index (χ2n) is 3.98. The first kappa shape index (κ1) is 13.6. The van der Waals surface area contributed by atoms with E-state index in [2.05, 4.69) is 33.5 Å². The predicted molar refractivity (Wildman–Crippen MR) is 70.0 cm³/mol. The number of ether oxygens (including phenoxy) is 1. The number of benzene rings is 1. The number of halogens is 1. The SMILES string of the molecule is COC(C)CC(Cc1cccc(Br)c1)NN. The zero-order chi connectivity index (χ0) is 12.0. The Kier molecular flexibility index (Phi) is 5.98. The second kappa shape index (κ2) is 7.01. The number of hydrogen-bond acceptors (Lipinski definition) is 3. The van der Waals surface area contributed by atoms with Gasteiger partial charge in [-0.25, -0.2) is 0 Å². The van der Waals surface area contributed by atoms with Gasteiger partial charge in [-0.15, -0.1) is 0 Å². The van der Waals surface area contributed by atoms with Gasteiger partial charge < -0.3 is 4.74 Å². The summed E-state index contributed by atoms with van der Waals surface area (Å²) in [6.07, 6.45) is 2.02. The maximum atomic E-state index is 5.54. The first-order chi connectivity index (χ1) is 7.65. The summed E-state index contributed by atoms with van der Waals surface area (Å²) < 4.78 is 6.34. The van der Waals surface area contributed by atoms with Crippen LogP contribution in [0.5, 0.6) is 0 Å². The molecule has 3 nitrogen and oxygen atoms in total. The van der Waals surface area contributed by atoms with Crippen LogP contribution in [0.4, 0.5) is 0 Å². The van der Waals surface area contributed by atoms with Crippen molar-refractivity contribution in [2.75, 3.05) is 7.11 Å². The van der Waals surface area contributed by atoms with Crippen molar-refractivity contribution in [3.63, 3.8) is 0 Å². The molecule has 0 aromatic heterocycles. The maximum absolute atomic E-state index is 5.54. The molecule has 0 heterocycles. The Morgan fingerprint density at radius 1 is 1.50 bits per heavy atom. The van der Waals surface area contributed by atoms with Crippen molar-refractivity contribution in [1.29, 1.82) is 0 Å². The zero-order valence-electron chi connectivity index (χ0n) is 9.74. The molecule has 0 spiro atoms. The molecule has 0 saturated carbocycles. The Hall–Kier alpha value is -0.420. The van der Waals surface area contributed by atoms with Crippen LogP contribution >= 0.6 is 15.9 Å². The summed E-state index contributed by atoms with van der Waals surface area (Å²) in [6.45, 7) is 2.05. The van der Waals surface area contributed by atoms with Gasteiger partial charge in [0.2, 0.25) is 0 Å². The third-order valence-corrected chi connectivity index (χ3v) is 3.12. The van der Waals surface area contributed by atoms with E-state index in [1.165, 1.54) is 5.56 Å². The summed E-state index contributed by atoms with van der Waals surface area (Å²) in [5, 5.41) is 0. The first-order valence-electron chi connectivity index (χ1n) is 5.39. The summed E-state index contributed by atoms with van der Waals surface area (Å²) in [6, 6.07) is 8.51. The number of hydrogen-bond donors (Lipinski definition) is 2. The lowest BCUT2D eigenvalue weighted by atomic mass is 10.0. The molecule has 2 atom stereocenters. The Balaban J connectivity index is 2.56. The van der Waals surface area contributed by atoms with Crippen LogP contribution in [0, 0.1) is 0 Å². The summed E-state index contributed by atoms with van der Waals surface area (Å²) in [4.78, 5) is 0. The van der Waals surface area contributed by atoms with E-state index >= 15 is 0 Å². The van der Waals surface area contributed by atoms with E-state index in [-0.39, 0.29) is 12.1 Å². The van der Waals surface area contributed by atoms with Gasteiger partial charge in [-0.3, -0.25) is 11.3 Å². The molecule has 3 N–H and O–H groups in total. The van der Waals surface area contributed by atoms with E-state index < -0.39 is 0 Å². The number of methoxy groups -OCH3 is 1. The minimum atomic E-state index is 0.216. The third kappa shape index (κ3) is 4.61. The minimum absolute atomic E-state index is 0.216. The van der Waals surface area contributed by atoms with Gasteiger partial charge in [-0.05, 0) is 37.5 Å². The van der Waals surface area contributed by atoms with Crippen LogP contribution in [0.2, 0.25) is 0 Å². The van der Waals surface area contributed by atoms with Crippen molar-refractivity contribution in [3.8, 4) is 0 Å². The first-order valence-corrected chi connectivity index (χ1v) is 6.18. The molecule has 1 aromatic carbocycles. The highest BCUT2D eigenvalue weighted by molar-refractivity contribution is 9.10. The molecule has 0 bridgehead atoms. The molecule has 1 rings (SSSR count). The number of nitrogens with two attached hydrogens (primary N) is 1. The van der Waals surface area contributed by atoms with Crippen molar-refractivity contribution >= 4 is 15.9 Å². The zero-order valence-corrected chi connectivity index (χ0v) is 11.3. The van der Waals surface area contributed by atoms with Crippen LogP contribution in [-0.2, 0) is 11.2 Å². The highest BCUT2D eigenvalue weighted by Crippen LogP contribution is 2.14. The Labute approximate surface area is 105 Å². The van der Waals surface area contributed by atoms with Crippen LogP contribution in [-0.4, -0.2) is 19.3 Å². The van der Waals surface area contributed by atoms with E-state index in [4.69, 9.17) is 10.6 Å². The molecule has 0 radical (unpaired) electrons. The van der Waals surface area contributed by atoms with Crippen LogP contribution in [0.1, 0.15) is 18.9 Å². The van der Waals surface area contributed by atoms with Gasteiger partial charge in [-0.1, -0.05) is 28.1 Å². The molecule has 0 aliphatic carbocycles. The van der Waals surface area contributed by atoms with Gasteiger partial charge in [0, 0.05) is 17.6 Å². The predicted octanol–water partition coefficient (Wildman–Crippen LogP) is 2.25. The van der Waals surface area contributed by atoms with Gasteiger partial charge in [0.05, 0.1) is 6.10 Å². The molecule has 0 fully saturated rings. The molecule has 0 aliphatic heterocycles. The van der Waals surface area contributed by atoms with Gasteiger partial charge in [0.25, 0.3) is 0 Å². The average molecular weight is 287 g/mol. The van der Waals surface area contributed by atoms with E-state index in [0.717, 1.165) is 17.3 Å². The fourth-order valence-electron chi connectivity index (χ4n) is 1.66. The lowest BCUT2D eigenvalue weighted by Crippen LogP contribution is -2.39. The fourth-order valence-corrected chi connectivity index (χ4v) is 2.10. The number of rotatable bonds is 6. The van der Waals surface area contributed by atoms with E-state index in [1.54, 1.807) is 7.11 Å². The van der Waals surface area contributed by atoms with Gasteiger partial charge in [-0.2, -0.15) is 0 Å².